The topological polar surface area (TPSA) is 78.4 Å². The lowest BCUT2D eigenvalue weighted by molar-refractivity contribution is 0.103. The van der Waals surface area contributed by atoms with E-state index in [0.717, 1.165) is 42.1 Å². The summed E-state index contributed by atoms with van der Waals surface area (Å²) in [7, 11) is 0. The quantitative estimate of drug-likeness (QED) is 0.383. The van der Waals surface area contributed by atoms with Gasteiger partial charge in [0.2, 0.25) is 5.78 Å². The van der Waals surface area contributed by atoms with Crippen LogP contribution in [0.5, 0.6) is 0 Å². The van der Waals surface area contributed by atoms with Crippen molar-refractivity contribution in [2.75, 3.05) is 24.5 Å². The van der Waals surface area contributed by atoms with Crippen LogP contribution in [0.25, 0.3) is 11.1 Å². The Labute approximate surface area is 209 Å². The van der Waals surface area contributed by atoms with Crippen LogP contribution >= 0.6 is 0 Å². The van der Waals surface area contributed by atoms with Gasteiger partial charge in [0, 0.05) is 53.0 Å². The number of ketones is 1. The van der Waals surface area contributed by atoms with Crippen molar-refractivity contribution in [3.63, 3.8) is 0 Å². The van der Waals surface area contributed by atoms with Gasteiger partial charge < -0.3 is 15.3 Å². The van der Waals surface area contributed by atoms with E-state index < -0.39 is 0 Å². The van der Waals surface area contributed by atoms with Crippen LogP contribution in [0.15, 0.2) is 85.1 Å². The molecule has 0 saturated carbocycles. The van der Waals surface area contributed by atoms with E-state index in [9.17, 15) is 9.90 Å². The van der Waals surface area contributed by atoms with E-state index in [-0.39, 0.29) is 22.7 Å². The third-order valence-electron chi connectivity index (χ3n) is 6.47. The van der Waals surface area contributed by atoms with Crippen molar-refractivity contribution in [1.82, 2.24) is 15.3 Å². The molecule has 1 atom stereocenters. The summed E-state index contributed by atoms with van der Waals surface area (Å²) in [5.74, 6) is 0.667. The van der Waals surface area contributed by atoms with Crippen molar-refractivity contribution in [2.45, 2.75) is 19.6 Å². The molecule has 1 saturated heterocycles. The van der Waals surface area contributed by atoms with E-state index in [1.54, 1.807) is 12.3 Å². The van der Waals surface area contributed by atoms with Gasteiger partial charge in [-0.3, -0.25) is 9.78 Å². The molecule has 0 bridgehead atoms. The predicted octanol–water partition coefficient (Wildman–Crippen LogP) is 5.06. The summed E-state index contributed by atoms with van der Waals surface area (Å²) >= 11 is 0. The number of rotatable bonds is 6. The smallest absolute Gasteiger partial charge is 0.213 e. The number of pyridine rings is 2. The van der Waals surface area contributed by atoms with Crippen molar-refractivity contribution in [1.29, 1.82) is 0 Å². The highest BCUT2D eigenvalue weighted by atomic mass is 16.3. The molecule has 1 unspecified atom stereocenters. The Morgan fingerprint density at radius 3 is 2.63 bits per heavy atom. The van der Waals surface area contributed by atoms with Crippen molar-refractivity contribution >= 4 is 11.6 Å². The molecule has 0 aliphatic carbocycles. The second kappa shape index (κ2) is 10.2. The molecule has 2 N–H and O–H groups in total. The Morgan fingerprint density at radius 2 is 1.86 bits per heavy atom. The molecule has 182 valence electrons. The first-order chi connectivity index (χ1) is 17.1. The summed E-state index contributed by atoms with van der Waals surface area (Å²) in [5.41, 5.74) is 5.51. The van der Waals surface area contributed by atoms with Gasteiger partial charge in [-0.25, -0.2) is 4.98 Å². The first kappa shape index (κ1) is 22.9. The Balaban J connectivity index is 0.00000169. The van der Waals surface area contributed by atoms with Gasteiger partial charge in [0.05, 0.1) is 6.61 Å². The van der Waals surface area contributed by atoms with Crippen LogP contribution in [0.1, 0.15) is 43.2 Å². The van der Waals surface area contributed by atoms with E-state index in [4.69, 9.17) is 4.98 Å². The van der Waals surface area contributed by atoms with Gasteiger partial charge in [-0.15, -0.1) is 0 Å². The number of hydrogen-bond acceptors (Lipinski definition) is 6. The zero-order chi connectivity index (χ0) is 24.2. The zero-order valence-electron chi connectivity index (χ0n) is 19.7. The fourth-order valence-corrected chi connectivity index (χ4v) is 4.45. The molecule has 5 rings (SSSR count). The third kappa shape index (κ3) is 4.99. The lowest BCUT2D eigenvalue weighted by Gasteiger charge is -2.35. The van der Waals surface area contributed by atoms with E-state index in [2.05, 4.69) is 39.5 Å². The number of hydrogen-bond donors (Lipinski definition) is 2. The molecule has 0 radical (unpaired) electrons. The van der Waals surface area contributed by atoms with Crippen molar-refractivity contribution in [3.8, 4) is 11.1 Å². The van der Waals surface area contributed by atoms with Gasteiger partial charge in [-0.2, -0.15) is 0 Å². The summed E-state index contributed by atoms with van der Waals surface area (Å²) < 4.78 is 0. The van der Waals surface area contributed by atoms with E-state index in [1.807, 2.05) is 55.5 Å². The average Bonchev–Trinajstić information content (AvgIpc) is 2.93. The van der Waals surface area contributed by atoms with Crippen LogP contribution in [-0.4, -0.2) is 40.5 Å². The van der Waals surface area contributed by atoms with Crippen molar-refractivity contribution in [3.05, 3.63) is 113 Å². The van der Waals surface area contributed by atoms with Crippen molar-refractivity contribution in [2.24, 2.45) is 0 Å². The molecule has 2 aromatic carbocycles. The number of aliphatic hydroxyl groups excluding tert-OH is 1. The number of nitrogens with zero attached hydrogens (tertiary/aromatic N) is 3. The molecule has 1 aliphatic heterocycles. The fourth-order valence-electron chi connectivity index (χ4n) is 4.45. The molecule has 35 heavy (non-hydrogen) atoms. The number of benzene rings is 2. The second-order valence-corrected chi connectivity index (χ2v) is 8.79. The SMILES string of the molecule is Cc1ncc(-c2ccc(CO)cc2)cc1C(=O)c1cccc(N2CCNC(c3ccccc3)C2)n1.[HH].[HH].[HH]. The molecular weight excluding hydrogens is 436 g/mol. The fraction of sp³-hybridized carbons (Fsp3) is 0.207. The molecule has 4 aromatic rings. The minimum atomic E-state index is -0.138. The summed E-state index contributed by atoms with van der Waals surface area (Å²) in [6.07, 6.45) is 1.77. The summed E-state index contributed by atoms with van der Waals surface area (Å²) in [6, 6.07) is 25.7. The molecule has 1 fully saturated rings. The minimum absolute atomic E-state index is 0. The molecular formula is C29H34N4O2. The molecule has 1 aliphatic rings. The number of aryl methyl sites for hydroxylation is 1. The highest BCUT2D eigenvalue weighted by Crippen LogP contribution is 2.25. The number of carbonyl (C=O) groups excluding carboxylic acids is 1. The maximum absolute atomic E-state index is 13.5. The van der Waals surface area contributed by atoms with E-state index >= 15 is 0 Å². The van der Waals surface area contributed by atoms with Crippen LogP contribution in [0.4, 0.5) is 5.82 Å². The summed E-state index contributed by atoms with van der Waals surface area (Å²) in [5, 5.41) is 12.9. The Morgan fingerprint density at radius 1 is 1.06 bits per heavy atom. The normalized spacial score (nSPS) is 15.7. The molecule has 2 aromatic heterocycles. The highest BCUT2D eigenvalue weighted by Gasteiger charge is 2.23. The molecule has 0 spiro atoms. The van der Waals surface area contributed by atoms with E-state index in [1.165, 1.54) is 5.56 Å². The number of piperazine rings is 1. The number of aromatic nitrogens is 2. The van der Waals surface area contributed by atoms with Crippen LogP contribution in [0, 0.1) is 6.92 Å². The van der Waals surface area contributed by atoms with Gasteiger partial charge in [0.25, 0.3) is 0 Å². The maximum Gasteiger partial charge on any atom is 0.213 e. The summed E-state index contributed by atoms with van der Waals surface area (Å²) in [4.78, 5) is 25.0. The lowest BCUT2D eigenvalue weighted by atomic mass is 10.00. The number of anilines is 1. The zero-order valence-corrected chi connectivity index (χ0v) is 19.7. The van der Waals surface area contributed by atoms with Gasteiger partial charge in [0.15, 0.2) is 0 Å². The van der Waals surface area contributed by atoms with Gasteiger partial charge >= 0.3 is 0 Å². The Hall–Kier alpha value is -3.87. The number of aliphatic hydroxyl groups is 1. The standard InChI is InChI=1S/C29H28N4O2.3H2/c1-20-25(16-24(17-31-20)22-12-10-21(19-34)11-13-22)29(35)26-8-5-9-28(32-26)33-15-14-30-27(18-33)23-6-3-2-4-7-23;;;/h2-13,16-17,27,30,34H,14-15,18-19H2,1H3;3*1H. The van der Waals surface area contributed by atoms with Crippen LogP contribution in [0.2, 0.25) is 0 Å². The lowest BCUT2D eigenvalue weighted by Crippen LogP contribution is -2.46. The third-order valence-corrected chi connectivity index (χ3v) is 6.47. The van der Waals surface area contributed by atoms with Crippen LogP contribution in [-0.2, 0) is 6.61 Å². The van der Waals surface area contributed by atoms with Gasteiger partial charge in [-0.1, -0.05) is 60.7 Å². The Kier molecular flexibility index (Phi) is 6.66. The molecule has 6 heteroatoms. The molecule has 3 heterocycles. The maximum atomic E-state index is 13.5. The van der Waals surface area contributed by atoms with Crippen molar-refractivity contribution < 1.29 is 14.2 Å². The van der Waals surface area contributed by atoms with Gasteiger partial charge in [0.1, 0.15) is 11.5 Å². The monoisotopic (exact) mass is 470 g/mol. The Bertz CT molecular complexity index is 1340. The van der Waals surface area contributed by atoms with E-state index in [0.29, 0.717) is 17.0 Å². The first-order valence-corrected chi connectivity index (χ1v) is 11.8. The molecule has 6 nitrogen and oxygen atoms in total. The minimum Gasteiger partial charge on any atom is -0.392 e. The largest absolute Gasteiger partial charge is 0.392 e. The average molecular weight is 471 g/mol. The second-order valence-electron chi connectivity index (χ2n) is 8.79. The van der Waals surface area contributed by atoms with Crippen LogP contribution < -0.4 is 10.2 Å². The number of nitrogens with one attached hydrogen (secondary N) is 1. The van der Waals surface area contributed by atoms with Gasteiger partial charge in [-0.05, 0) is 41.8 Å². The van der Waals surface area contributed by atoms with Crippen LogP contribution in [0.3, 0.4) is 0 Å². The highest BCUT2D eigenvalue weighted by molar-refractivity contribution is 6.09. The molecule has 0 amide bonds. The number of carbonyl (C=O) groups is 1. The predicted molar refractivity (Wildman–Crippen MR) is 144 cm³/mol. The summed E-state index contributed by atoms with van der Waals surface area (Å²) in [6.45, 7) is 4.30. The first-order valence-electron chi connectivity index (χ1n) is 11.8.